The molecular weight excluding hydrogens is 385 g/mol. The summed E-state index contributed by atoms with van der Waals surface area (Å²) in [6.45, 7) is 2.87. The number of alkyl halides is 6. The van der Waals surface area contributed by atoms with Crippen LogP contribution < -0.4 is 4.74 Å². The fraction of sp³-hybridized carbons (Fsp3) is 0.267. The third-order valence-electron chi connectivity index (χ3n) is 3.76. The molecule has 27 heavy (non-hydrogen) atoms. The maximum absolute atomic E-state index is 13.4. The van der Waals surface area contributed by atoms with Gasteiger partial charge in [-0.3, -0.25) is 0 Å². The van der Waals surface area contributed by atoms with Gasteiger partial charge < -0.3 is 4.74 Å². The Hall–Kier alpha value is -2.92. The Morgan fingerprint density at radius 3 is 2.19 bits per heavy atom. The number of hydrogen-bond acceptors (Lipinski definition) is 4. The molecule has 0 bridgehead atoms. The van der Waals surface area contributed by atoms with E-state index in [2.05, 4.69) is 15.3 Å². The summed E-state index contributed by atoms with van der Waals surface area (Å²) < 4.78 is 96.4. The quantitative estimate of drug-likeness (QED) is 0.591. The van der Waals surface area contributed by atoms with E-state index in [0.717, 1.165) is 6.07 Å². The molecule has 0 amide bonds. The van der Waals surface area contributed by atoms with Gasteiger partial charge in [-0.05, 0) is 32.0 Å². The van der Waals surface area contributed by atoms with Crippen molar-refractivity contribution < 1.29 is 35.5 Å². The largest absolute Gasteiger partial charge is 0.453 e. The Bertz CT molecular complexity index is 1020. The van der Waals surface area contributed by atoms with E-state index in [1.54, 1.807) is 0 Å². The lowest BCUT2D eigenvalue weighted by Crippen LogP contribution is -2.13. The Balaban J connectivity index is 2.12. The molecule has 0 radical (unpaired) electrons. The molecule has 0 saturated carbocycles. The summed E-state index contributed by atoms with van der Waals surface area (Å²) >= 11 is 0. The molecule has 3 rings (SSSR count). The van der Waals surface area contributed by atoms with E-state index < -0.39 is 41.2 Å². The smallest absolute Gasteiger partial charge is 0.437 e. The van der Waals surface area contributed by atoms with Crippen molar-refractivity contribution in [2.45, 2.75) is 26.2 Å². The molecule has 0 aliphatic carbocycles. The highest BCUT2D eigenvalue weighted by Crippen LogP contribution is 2.36. The summed E-state index contributed by atoms with van der Waals surface area (Å²) in [5, 5.41) is 10.1. The predicted octanol–water partition coefficient (Wildman–Crippen LogP) is 4.71. The van der Waals surface area contributed by atoms with Crippen molar-refractivity contribution >= 4 is 5.65 Å². The maximum atomic E-state index is 13.4. The van der Waals surface area contributed by atoms with Crippen LogP contribution >= 0.6 is 0 Å². The molecule has 5 nitrogen and oxygen atoms in total. The van der Waals surface area contributed by atoms with Gasteiger partial charge in [-0.2, -0.15) is 30.9 Å². The molecule has 144 valence electrons. The second-order valence-corrected chi connectivity index (χ2v) is 5.55. The van der Waals surface area contributed by atoms with Crippen LogP contribution in [0.5, 0.6) is 11.6 Å². The van der Waals surface area contributed by atoms with Crippen molar-refractivity contribution in [1.82, 2.24) is 19.8 Å². The fourth-order valence-corrected chi connectivity index (χ4v) is 2.27. The summed E-state index contributed by atoms with van der Waals surface area (Å²) in [6, 6.07) is 1.84. The highest BCUT2D eigenvalue weighted by Gasteiger charge is 2.38. The minimum Gasteiger partial charge on any atom is -0.437 e. The third-order valence-corrected chi connectivity index (χ3v) is 3.76. The predicted molar refractivity (Wildman–Crippen MR) is 76.7 cm³/mol. The van der Waals surface area contributed by atoms with Gasteiger partial charge in [0.25, 0.3) is 5.82 Å². The van der Waals surface area contributed by atoms with E-state index >= 15 is 0 Å². The van der Waals surface area contributed by atoms with Gasteiger partial charge in [0, 0.05) is 11.1 Å². The highest BCUT2D eigenvalue weighted by atomic mass is 19.4. The zero-order valence-electron chi connectivity index (χ0n) is 13.6. The average Bonchev–Trinajstić information content (AvgIpc) is 2.97. The number of ether oxygens (including phenoxy) is 1. The maximum Gasteiger partial charge on any atom is 0.453 e. The van der Waals surface area contributed by atoms with Crippen molar-refractivity contribution in [3.8, 4) is 11.6 Å². The molecule has 0 unspecified atom stereocenters. The molecule has 3 aromatic rings. The zero-order valence-corrected chi connectivity index (χ0v) is 13.6. The number of halogens is 7. The van der Waals surface area contributed by atoms with Crippen LogP contribution in [0.25, 0.3) is 5.65 Å². The van der Waals surface area contributed by atoms with E-state index in [9.17, 15) is 30.7 Å². The van der Waals surface area contributed by atoms with Gasteiger partial charge in [0.1, 0.15) is 11.6 Å². The van der Waals surface area contributed by atoms with Crippen LogP contribution in [-0.2, 0) is 12.4 Å². The van der Waals surface area contributed by atoms with Crippen LogP contribution in [0.3, 0.4) is 0 Å². The van der Waals surface area contributed by atoms with Gasteiger partial charge in [0.05, 0.1) is 5.56 Å². The normalized spacial score (nSPS) is 12.6. The lowest BCUT2D eigenvalue weighted by molar-refractivity contribution is -0.146. The van der Waals surface area contributed by atoms with Crippen molar-refractivity contribution in [3.05, 3.63) is 46.5 Å². The molecule has 0 saturated heterocycles. The number of hydrogen-bond donors (Lipinski definition) is 0. The van der Waals surface area contributed by atoms with Crippen LogP contribution in [0.1, 0.15) is 22.5 Å². The monoisotopic (exact) mass is 394 g/mol. The molecule has 0 fully saturated rings. The van der Waals surface area contributed by atoms with Crippen molar-refractivity contribution in [2.24, 2.45) is 0 Å². The molecule has 12 heteroatoms. The molecule has 2 aromatic heterocycles. The second-order valence-electron chi connectivity index (χ2n) is 5.55. The topological polar surface area (TPSA) is 52.3 Å². The minimum atomic E-state index is -4.97. The summed E-state index contributed by atoms with van der Waals surface area (Å²) in [7, 11) is 0. The Labute approximate surface area is 146 Å². The first-order chi connectivity index (χ1) is 12.4. The van der Waals surface area contributed by atoms with Crippen LogP contribution in [0.4, 0.5) is 30.7 Å². The molecule has 1 aromatic carbocycles. The van der Waals surface area contributed by atoms with Crippen LogP contribution in [-0.4, -0.2) is 19.8 Å². The van der Waals surface area contributed by atoms with Gasteiger partial charge in [0.15, 0.2) is 5.65 Å². The third kappa shape index (κ3) is 3.38. The number of benzene rings is 1. The number of aromatic nitrogens is 4. The van der Waals surface area contributed by atoms with Crippen LogP contribution in [0.2, 0.25) is 0 Å². The lowest BCUT2D eigenvalue weighted by Gasteiger charge is -2.13. The van der Waals surface area contributed by atoms with Crippen molar-refractivity contribution in [2.75, 3.05) is 0 Å². The first-order valence-electron chi connectivity index (χ1n) is 7.24. The molecule has 0 aliphatic rings. The van der Waals surface area contributed by atoms with Gasteiger partial charge in [0.2, 0.25) is 5.88 Å². The number of nitrogens with zero attached hydrogens (tertiary/aromatic N) is 4. The summed E-state index contributed by atoms with van der Waals surface area (Å²) in [5.41, 5.74) is -1.28. The van der Waals surface area contributed by atoms with Crippen LogP contribution in [0, 0.1) is 19.7 Å². The van der Waals surface area contributed by atoms with Gasteiger partial charge in [-0.15, -0.1) is 15.3 Å². The van der Waals surface area contributed by atoms with Crippen LogP contribution in [0.15, 0.2) is 18.2 Å². The van der Waals surface area contributed by atoms with E-state index in [-0.39, 0.29) is 16.8 Å². The van der Waals surface area contributed by atoms with Gasteiger partial charge in [-0.25, -0.2) is 4.39 Å². The number of rotatable bonds is 2. The summed E-state index contributed by atoms with van der Waals surface area (Å²) in [5.74, 6) is -3.77. The van der Waals surface area contributed by atoms with Crippen molar-refractivity contribution in [3.63, 3.8) is 0 Å². The zero-order chi connectivity index (χ0) is 20.1. The van der Waals surface area contributed by atoms with E-state index in [0.29, 0.717) is 16.6 Å². The van der Waals surface area contributed by atoms with Crippen molar-refractivity contribution in [1.29, 1.82) is 0 Å². The Morgan fingerprint density at radius 2 is 1.59 bits per heavy atom. The Morgan fingerprint density at radius 1 is 0.926 bits per heavy atom. The Kier molecular flexibility index (Phi) is 4.23. The van der Waals surface area contributed by atoms with Gasteiger partial charge >= 0.3 is 12.4 Å². The summed E-state index contributed by atoms with van der Waals surface area (Å²) in [4.78, 5) is 0. The fourth-order valence-electron chi connectivity index (χ4n) is 2.27. The average molecular weight is 394 g/mol. The molecular formula is C15H9F7N4O. The molecule has 2 heterocycles. The molecule has 0 atom stereocenters. The second kappa shape index (κ2) is 6.06. The highest BCUT2D eigenvalue weighted by molar-refractivity contribution is 5.53. The standard InChI is InChI=1S/C15H9F7N4O/c1-6-7(2)12(25-26-11(6)23-24-13(26)15(20,21)22)27-8-3-4-10(16)9(5-8)14(17,18)19/h3-5H,1-2H3. The van der Waals surface area contributed by atoms with E-state index in [1.807, 2.05) is 0 Å². The van der Waals surface area contributed by atoms with Gasteiger partial charge in [-0.1, -0.05) is 0 Å². The minimum absolute atomic E-state index is 0.178. The number of aryl methyl sites for hydroxylation is 1. The first kappa shape index (κ1) is 18.9. The first-order valence-corrected chi connectivity index (χ1v) is 7.24. The van der Waals surface area contributed by atoms with E-state index in [4.69, 9.17) is 4.74 Å². The molecule has 0 spiro atoms. The number of fused-ring (bicyclic) bond motifs is 1. The van der Waals surface area contributed by atoms with E-state index in [1.165, 1.54) is 13.8 Å². The summed E-state index contributed by atoms with van der Waals surface area (Å²) in [6.07, 6.45) is -9.83. The lowest BCUT2D eigenvalue weighted by atomic mass is 10.2. The molecule has 0 aliphatic heterocycles. The molecule has 0 N–H and O–H groups in total. The SMILES string of the molecule is Cc1c(Oc2ccc(F)c(C(F)(F)F)c2)nn2c(C(F)(F)F)nnc2c1C.